The molecular formula is C19H32N4O13. The normalized spacial score (nSPS) is 13.4. The highest BCUT2D eigenvalue weighted by molar-refractivity contribution is 6.02. The van der Waals surface area contributed by atoms with Crippen molar-refractivity contribution in [2.24, 2.45) is 0 Å². The minimum Gasteiger partial charge on any atom is -0.478 e. The first-order valence-electron chi connectivity index (χ1n) is 9.00. The first-order valence-corrected chi connectivity index (χ1v) is 9.00. The van der Waals surface area contributed by atoms with Crippen molar-refractivity contribution < 1.29 is 63.9 Å². The van der Waals surface area contributed by atoms with Crippen LogP contribution in [-0.4, -0.2) is 104 Å². The second kappa shape index (κ2) is 23.7. The molecule has 0 saturated carbocycles. The number of hydrogen-bond acceptors (Lipinski definition) is 11. The zero-order chi connectivity index (χ0) is 27.4. The van der Waals surface area contributed by atoms with Crippen LogP contribution in [0.2, 0.25) is 0 Å². The van der Waals surface area contributed by atoms with E-state index in [1.807, 2.05) is 0 Å². The lowest BCUT2D eigenvalue weighted by molar-refractivity contribution is -0.138. The molecule has 17 nitrogen and oxygen atoms in total. The summed E-state index contributed by atoms with van der Waals surface area (Å²) in [4.78, 5) is 82.5. The zero-order valence-electron chi connectivity index (χ0n) is 19.9. The Hall–Kier alpha value is -4.48. The molecule has 0 aromatic carbocycles. The minimum atomic E-state index is -1.26. The van der Waals surface area contributed by atoms with Crippen LogP contribution in [0.1, 0.15) is 25.7 Å². The molecule has 0 unspecified atom stereocenters. The van der Waals surface area contributed by atoms with Gasteiger partial charge in [-0.15, -0.1) is 0 Å². The molecule has 0 aliphatic carbocycles. The van der Waals surface area contributed by atoms with Crippen molar-refractivity contribution in [3.63, 3.8) is 0 Å². The molecule has 2 fully saturated rings. The Labute approximate surface area is 205 Å². The summed E-state index contributed by atoms with van der Waals surface area (Å²) in [5.41, 5.74) is 0. The van der Waals surface area contributed by atoms with Crippen molar-refractivity contribution in [1.29, 1.82) is 0 Å². The summed E-state index contributed by atoms with van der Waals surface area (Å²) in [6, 6.07) is 0. The zero-order valence-corrected chi connectivity index (χ0v) is 19.9. The summed E-state index contributed by atoms with van der Waals surface area (Å²) in [6.45, 7) is 0. The van der Waals surface area contributed by atoms with E-state index < -0.39 is 23.9 Å². The number of amides is 4. The summed E-state index contributed by atoms with van der Waals surface area (Å²) in [6.07, 6.45) is 3.82. The van der Waals surface area contributed by atoms with Gasteiger partial charge in [-0.3, -0.25) is 29.0 Å². The molecule has 0 atom stereocenters. The monoisotopic (exact) mass is 524 g/mol. The van der Waals surface area contributed by atoms with E-state index in [9.17, 15) is 38.4 Å². The van der Waals surface area contributed by atoms with Crippen LogP contribution >= 0.6 is 0 Å². The molecule has 2 heterocycles. The molecule has 206 valence electrons. The van der Waals surface area contributed by atoms with Crippen LogP contribution in [0.5, 0.6) is 0 Å². The largest absolute Gasteiger partial charge is 0.478 e. The smallest absolute Gasteiger partial charge is 0.328 e. The van der Waals surface area contributed by atoms with Gasteiger partial charge in [0.15, 0.2) is 0 Å². The van der Waals surface area contributed by atoms with Crippen LogP contribution in [0.4, 0.5) is 0 Å². The Morgan fingerprint density at radius 1 is 0.528 bits per heavy atom. The Kier molecular flexibility index (Phi) is 27.4. The molecule has 17 heteroatoms. The topological polar surface area (TPSA) is 314 Å². The maximum absolute atomic E-state index is 10.5. The number of aliphatic hydroxyl groups excluding tert-OH is 1. The number of hydrogen-bond donors (Lipinski definition) is 7. The van der Waals surface area contributed by atoms with Gasteiger partial charge in [0, 0.05) is 71.2 Å². The molecule has 4 amide bonds. The molecule has 0 spiro atoms. The number of nitrogens with zero attached hydrogens (tertiary/aromatic N) is 2. The number of carbonyl (C=O) groups excluding carboxylic acids is 4. The fourth-order valence-corrected chi connectivity index (χ4v) is 1.66. The van der Waals surface area contributed by atoms with Crippen molar-refractivity contribution in [3.8, 4) is 0 Å². The third kappa shape index (κ3) is 24.2. The number of likely N-dealkylation sites (tertiary alicyclic amines) is 2. The van der Waals surface area contributed by atoms with Crippen LogP contribution in [-0.2, 0) is 38.4 Å². The van der Waals surface area contributed by atoms with Gasteiger partial charge >= 0.3 is 23.9 Å². The number of imide groups is 2. The van der Waals surface area contributed by atoms with E-state index >= 15 is 0 Å². The Balaban J connectivity index is -0.000000114. The lowest BCUT2D eigenvalue weighted by Crippen LogP contribution is -2.23. The highest BCUT2D eigenvalue weighted by Crippen LogP contribution is 2.08. The predicted molar refractivity (Wildman–Crippen MR) is 121 cm³/mol. The highest BCUT2D eigenvalue weighted by atomic mass is 16.4. The Morgan fingerprint density at radius 3 is 0.722 bits per heavy atom. The van der Waals surface area contributed by atoms with E-state index in [-0.39, 0.29) is 35.9 Å². The number of carboxylic acid groups (broad SMARTS) is 4. The number of carboxylic acids is 4. The average molecular weight is 524 g/mol. The summed E-state index contributed by atoms with van der Waals surface area (Å²) >= 11 is 0. The maximum atomic E-state index is 10.5. The fourth-order valence-electron chi connectivity index (χ4n) is 1.66. The lowest BCUT2D eigenvalue weighted by Gasteiger charge is -2.01. The van der Waals surface area contributed by atoms with E-state index in [1.165, 1.54) is 23.9 Å². The summed E-state index contributed by atoms with van der Waals surface area (Å²) < 4.78 is 0. The number of aliphatic carboxylic acids is 4. The Morgan fingerprint density at radius 2 is 0.667 bits per heavy atom. The molecule has 0 aromatic heterocycles. The molecule has 2 rings (SSSR count). The third-order valence-electron chi connectivity index (χ3n) is 3.34. The van der Waals surface area contributed by atoms with Crippen LogP contribution < -0.4 is 12.3 Å². The first kappa shape index (κ1) is 41.7. The van der Waals surface area contributed by atoms with Crippen molar-refractivity contribution in [1.82, 2.24) is 22.1 Å². The van der Waals surface area contributed by atoms with Crippen LogP contribution in [0.3, 0.4) is 0 Å². The average Bonchev–Trinajstić information content (AvgIpc) is 3.23. The molecular weight excluding hydrogens is 492 g/mol. The summed E-state index contributed by atoms with van der Waals surface area (Å²) in [7, 11) is 4.02. The number of carbonyl (C=O) groups is 8. The summed E-state index contributed by atoms with van der Waals surface area (Å²) in [5.74, 6) is -5.27. The van der Waals surface area contributed by atoms with E-state index in [0.29, 0.717) is 50.0 Å². The van der Waals surface area contributed by atoms with Crippen LogP contribution in [0, 0.1) is 0 Å². The molecule has 2 aliphatic rings. The van der Waals surface area contributed by atoms with Gasteiger partial charge in [-0.2, -0.15) is 0 Å². The van der Waals surface area contributed by atoms with Crippen molar-refractivity contribution >= 4 is 47.5 Å². The van der Waals surface area contributed by atoms with Crippen molar-refractivity contribution in [2.45, 2.75) is 25.7 Å². The van der Waals surface area contributed by atoms with Gasteiger partial charge in [0.1, 0.15) is 0 Å². The predicted octanol–water partition coefficient (Wildman–Crippen LogP) is -1.11. The van der Waals surface area contributed by atoms with Gasteiger partial charge in [0.05, 0.1) is 0 Å². The molecule has 11 N–H and O–H groups in total. The SMILES string of the molecule is CN1C(=O)CCC1=O.CN1C(=O)CCC1=O.CO.N.N.O=C(O)/C=C\C(=O)O.O=C(O)/C=C\C(=O)O. The van der Waals surface area contributed by atoms with Gasteiger partial charge in [-0.25, -0.2) is 19.2 Å². The molecule has 0 aromatic rings. The molecule has 0 radical (unpaired) electrons. The van der Waals surface area contributed by atoms with E-state index in [2.05, 4.69) is 0 Å². The van der Waals surface area contributed by atoms with Gasteiger partial charge in [-0.1, -0.05) is 0 Å². The van der Waals surface area contributed by atoms with Gasteiger partial charge < -0.3 is 37.8 Å². The van der Waals surface area contributed by atoms with Crippen molar-refractivity contribution in [3.05, 3.63) is 24.3 Å². The summed E-state index contributed by atoms with van der Waals surface area (Å²) in [5, 5.41) is 38.2. The molecule has 36 heavy (non-hydrogen) atoms. The highest BCUT2D eigenvalue weighted by Gasteiger charge is 2.24. The first-order chi connectivity index (χ1) is 15.7. The second-order valence-corrected chi connectivity index (χ2v) is 5.71. The fraction of sp³-hybridized carbons (Fsp3) is 0.368. The van der Waals surface area contributed by atoms with Crippen LogP contribution in [0.25, 0.3) is 0 Å². The third-order valence-corrected chi connectivity index (χ3v) is 3.34. The molecule has 0 bridgehead atoms. The Bertz CT molecular complexity index is 705. The van der Waals surface area contributed by atoms with Gasteiger partial charge in [-0.05, 0) is 0 Å². The van der Waals surface area contributed by atoms with Gasteiger partial charge in [0.25, 0.3) is 0 Å². The minimum absolute atomic E-state index is 0. The maximum Gasteiger partial charge on any atom is 0.328 e. The van der Waals surface area contributed by atoms with Gasteiger partial charge in [0.2, 0.25) is 23.6 Å². The number of aliphatic hydroxyl groups is 1. The van der Waals surface area contributed by atoms with E-state index in [4.69, 9.17) is 25.5 Å². The standard InChI is InChI=1S/2C5H7NO2.2C4H4O4.CH4O.2H3N/c2*1-6-4(7)2-3-5(6)8;2*5-3(6)1-2-4(7)8;1-2;;/h2*2-3H2,1H3;2*1-2H,(H,5,6)(H,7,8);2H,1H3;2*1H3/b;;2*2-1-;;;. The molecule has 2 saturated heterocycles. The van der Waals surface area contributed by atoms with Crippen molar-refractivity contribution in [2.75, 3.05) is 21.2 Å². The number of rotatable bonds is 4. The van der Waals surface area contributed by atoms with E-state index in [1.54, 1.807) is 0 Å². The quantitative estimate of drug-likeness (QED) is 0.169. The second-order valence-electron chi connectivity index (χ2n) is 5.71. The molecule has 2 aliphatic heterocycles. The van der Waals surface area contributed by atoms with Crippen LogP contribution in [0.15, 0.2) is 24.3 Å². The lowest BCUT2D eigenvalue weighted by atomic mass is 10.4. The van der Waals surface area contributed by atoms with E-state index in [0.717, 1.165) is 7.11 Å².